The number of halogens is 2. The van der Waals surface area contributed by atoms with Crippen molar-refractivity contribution in [2.75, 3.05) is 13.1 Å². The van der Waals surface area contributed by atoms with Crippen LogP contribution in [0.5, 0.6) is 0 Å². The molecule has 2 aromatic rings. The summed E-state index contributed by atoms with van der Waals surface area (Å²) < 4.78 is 21.4. The van der Waals surface area contributed by atoms with E-state index < -0.39 is 11.4 Å². The molecule has 130 valence electrons. The summed E-state index contributed by atoms with van der Waals surface area (Å²) in [5.74, 6) is 0.326. The molecular formula is C16H20BrFN4O2. The van der Waals surface area contributed by atoms with Crippen LogP contribution in [0.25, 0.3) is 5.65 Å². The molecule has 6 nitrogen and oxygen atoms in total. The molecule has 1 fully saturated rings. The lowest BCUT2D eigenvalue weighted by Gasteiger charge is -2.32. The molecule has 8 heteroatoms. The molecule has 0 atom stereocenters. The molecule has 1 amide bonds. The Bertz CT molecular complexity index is 763. The Labute approximate surface area is 148 Å². The molecule has 2 aromatic heterocycles. The standard InChI is InChI=1S/C16H20BrFN4O2/c1-16(2,3)24-15(23)21-6-4-10(5-7-21)13-19-14-12(18)8-11(17)9-22(14)20-13/h8-10H,4-7H2,1-3H3. The Morgan fingerprint density at radius 3 is 2.67 bits per heavy atom. The van der Waals surface area contributed by atoms with Gasteiger partial charge in [-0.1, -0.05) is 0 Å². The van der Waals surface area contributed by atoms with Crippen LogP contribution in [0.1, 0.15) is 45.4 Å². The van der Waals surface area contributed by atoms with Gasteiger partial charge in [0.2, 0.25) is 0 Å². The molecular weight excluding hydrogens is 379 g/mol. The number of carbonyl (C=O) groups excluding carboxylic acids is 1. The average Bonchev–Trinajstić information content (AvgIpc) is 2.90. The highest BCUT2D eigenvalue weighted by molar-refractivity contribution is 9.10. The van der Waals surface area contributed by atoms with Gasteiger partial charge < -0.3 is 9.64 Å². The van der Waals surface area contributed by atoms with Gasteiger partial charge in [-0.15, -0.1) is 0 Å². The maximum absolute atomic E-state index is 13.9. The van der Waals surface area contributed by atoms with Crippen LogP contribution < -0.4 is 0 Å². The second kappa shape index (κ2) is 6.31. The summed E-state index contributed by atoms with van der Waals surface area (Å²) in [7, 11) is 0. The van der Waals surface area contributed by atoms with Gasteiger partial charge in [0.15, 0.2) is 17.3 Å². The fourth-order valence-corrected chi connectivity index (χ4v) is 3.15. The third-order valence-corrected chi connectivity index (χ3v) is 4.32. The lowest BCUT2D eigenvalue weighted by Crippen LogP contribution is -2.41. The van der Waals surface area contributed by atoms with Gasteiger partial charge >= 0.3 is 6.09 Å². The molecule has 0 unspecified atom stereocenters. The molecule has 3 rings (SSSR count). The number of hydrogen-bond donors (Lipinski definition) is 0. The zero-order valence-corrected chi connectivity index (χ0v) is 15.5. The number of hydrogen-bond acceptors (Lipinski definition) is 4. The molecule has 24 heavy (non-hydrogen) atoms. The van der Waals surface area contributed by atoms with Crippen LogP contribution in [0.2, 0.25) is 0 Å². The zero-order valence-electron chi connectivity index (χ0n) is 13.9. The first-order valence-corrected chi connectivity index (χ1v) is 8.71. The van der Waals surface area contributed by atoms with Crippen LogP contribution in [0.15, 0.2) is 16.7 Å². The quantitative estimate of drug-likeness (QED) is 0.733. The van der Waals surface area contributed by atoms with Crippen molar-refractivity contribution >= 4 is 27.7 Å². The fraction of sp³-hybridized carbons (Fsp3) is 0.562. The van der Waals surface area contributed by atoms with E-state index in [1.807, 2.05) is 20.8 Å². The molecule has 0 spiro atoms. The van der Waals surface area contributed by atoms with E-state index in [2.05, 4.69) is 26.0 Å². The van der Waals surface area contributed by atoms with E-state index in [1.54, 1.807) is 11.1 Å². The van der Waals surface area contributed by atoms with E-state index in [0.29, 0.717) is 23.4 Å². The zero-order chi connectivity index (χ0) is 17.5. The smallest absolute Gasteiger partial charge is 0.410 e. The molecule has 1 aliphatic heterocycles. The number of fused-ring (bicyclic) bond motifs is 1. The second-order valence-electron chi connectivity index (χ2n) is 6.99. The van der Waals surface area contributed by atoms with Gasteiger partial charge in [0.05, 0.1) is 0 Å². The summed E-state index contributed by atoms with van der Waals surface area (Å²) in [4.78, 5) is 18.1. The van der Waals surface area contributed by atoms with Gasteiger partial charge in [-0.2, -0.15) is 5.10 Å². The highest BCUT2D eigenvalue weighted by atomic mass is 79.9. The molecule has 0 N–H and O–H groups in total. The summed E-state index contributed by atoms with van der Waals surface area (Å²) in [6, 6.07) is 1.37. The Morgan fingerprint density at radius 2 is 2.04 bits per heavy atom. The normalized spacial score (nSPS) is 16.6. The highest BCUT2D eigenvalue weighted by Crippen LogP contribution is 2.27. The van der Waals surface area contributed by atoms with Gasteiger partial charge in [0.1, 0.15) is 5.60 Å². The Kier molecular flexibility index (Phi) is 4.50. The van der Waals surface area contributed by atoms with Crippen molar-refractivity contribution in [2.45, 2.75) is 45.1 Å². The molecule has 0 aliphatic carbocycles. The van der Waals surface area contributed by atoms with E-state index in [9.17, 15) is 9.18 Å². The third-order valence-electron chi connectivity index (χ3n) is 3.88. The monoisotopic (exact) mass is 398 g/mol. The number of carbonyl (C=O) groups is 1. The minimum Gasteiger partial charge on any atom is -0.444 e. The fourth-order valence-electron chi connectivity index (χ4n) is 2.75. The largest absolute Gasteiger partial charge is 0.444 e. The third kappa shape index (κ3) is 3.68. The Morgan fingerprint density at radius 1 is 1.38 bits per heavy atom. The van der Waals surface area contributed by atoms with Gasteiger partial charge in [-0.05, 0) is 55.6 Å². The van der Waals surface area contributed by atoms with E-state index in [0.717, 1.165) is 12.8 Å². The lowest BCUT2D eigenvalue weighted by molar-refractivity contribution is 0.0203. The van der Waals surface area contributed by atoms with E-state index in [-0.39, 0.29) is 17.7 Å². The van der Waals surface area contributed by atoms with Gasteiger partial charge in [0.25, 0.3) is 0 Å². The number of aromatic nitrogens is 3. The van der Waals surface area contributed by atoms with Crippen molar-refractivity contribution in [2.24, 2.45) is 0 Å². The summed E-state index contributed by atoms with van der Waals surface area (Å²) in [6.45, 7) is 6.73. The first kappa shape index (κ1) is 17.1. The maximum Gasteiger partial charge on any atom is 0.410 e. The molecule has 0 bridgehead atoms. The maximum atomic E-state index is 13.9. The minimum absolute atomic E-state index is 0.113. The lowest BCUT2D eigenvalue weighted by atomic mass is 9.96. The number of likely N-dealkylation sites (tertiary alicyclic amines) is 1. The predicted octanol–water partition coefficient (Wildman–Crippen LogP) is 3.75. The van der Waals surface area contributed by atoms with E-state index in [1.165, 1.54) is 10.6 Å². The van der Waals surface area contributed by atoms with Crippen LogP contribution >= 0.6 is 15.9 Å². The van der Waals surface area contributed by atoms with Crippen molar-refractivity contribution in [3.05, 3.63) is 28.4 Å². The summed E-state index contributed by atoms with van der Waals surface area (Å²) >= 11 is 3.25. The molecule has 3 heterocycles. The Balaban J connectivity index is 1.69. The number of pyridine rings is 1. The van der Waals surface area contributed by atoms with Gasteiger partial charge in [-0.3, -0.25) is 0 Å². The van der Waals surface area contributed by atoms with Crippen LogP contribution in [0.3, 0.4) is 0 Å². The van der Waals surface area contributed by atoms with Crippen molar-refractivity contribution in [3.63, 3.8) is 0 Å². The topological polar surface area (TPSA) is 59.7 Å². The average molecular weight is 399 g/mol. The first-order valence-electron chi connectivity index (χ1n) is 7.92. The molecule has 1 aliphatic rings. The molecule has 0 aromatic carbocycles. The Hall–Kier alpha value is -1.70. The number of amides is 1. The number of ether oxygens (including phenoxy) is 1. The number of rotatable bonds is 1. The van der Waals surface area contributed by atoms with E-state index in [4.69, 9.17) is 4.74 Å². The second-order valence-corrected chi connectivity index (χ2v) is 7.90. The van der Waals surface area contributed by atoms with Crippen LogP contribution in [0.4, 0.5) is 9.18 Å². The SMILES string of the molecule is CC(C)(C)OC(=O)N1CCC(c2nc3c(F)cc(Br)cn3n2)CC1. The number of nitrogens with zero attached hydrogens (tertiary/aromatic N) is 4. The van der Waals surface area contributed by atoms with Crippen molar-refractivity contribution < 1.29 is 13.9 Å². The predicted molar refractivity (Wildman–Crippen MR) is 90.4 cm³/mol. The minimum atomic E-state index is -0.498. The molecule has 0 radical (unpaired) electrons. The van der Waals surface area contributed by atoms with Gasteiger partial charge in [0, 0.05) is 29.7 Å². The van der Waals surface area contributed by atoms with Crippen molar-refractivity contribution in [1.29, 1.82) is 0 Å². The van der Waals surface area contributed by atoms with Crippen molar-refractivity contribution in [1.82, 2.24) is 19.5 Å². The summed E-state index contributed by atoms with van der Waals surface area (Å²) in [6.07, 6.45) is 2.86. The number of piperidine rings is 1. The van der Waals surface area contributed by atoms with Crippen molar-refractivity contribution in [3.8, 4) is 0 Å². The summed E-state index contributed by atoms with van der Waals surface area (Å²) in [5.41, 5.74) is -0.273. The highest BCUT2D eigenvalue weighted by Gasteiger charge is 2.29. The van der Waals surface area contributed by atoms with Crippen LogP contribution in [-0.4, -0.2) is 44.3 Å². The first-order chi connectivity index (χ1) is 11.2. The molecule has 0 saturated carbocycles. The van der Waals surface area contributed by atoms with Gasteiger partial charge in [-0.25, -0.2) is 18.7 Å². The van der Waals surface area contributed by atoms with Crippen LogP contribution in [-0.2, 0) is 4.74 Å². The van der Waals surface area contributed by atoms with E-state index >= 15 is 0 Å². The summed E-state index contributed by atoms with van der Waals surface area (Å²) in [5, 5.41) is 4.39. The molecule has 1 saturated heterocycles. The van der Waals surface area contributed by atoms with Crippen LogP contribution in [0, 0.1) is 5.82 Å².